The van der Waals surface area contributed by atoms with Crippen molar-refractivity contribution in [2.75, 3.05) is 6.61 Å². The fraction of sp³-hybridized carbons (Fsp3) is 0.692. The molecule has 0 amide bonds. The van der Waals surface area contributed by atoms with Crippen LogP contribution in [0, 0.1) is 23.6 Å². The van der Waals surface area contributed by atoms with Crippen LogP contribution in [0.4, 0.5) is 4.39 Å². The molecule has 0 saturated heterocycles. The van der Waals surface area contributed by atoms with E-state index < -0.39 is 0 Å². The molecule has 2 saturated carbocycles. The highest BCUT2D eigenvalue weighted by molar-refractivity contribution is 5.37. The molecular weight excluding hydrogens is 347 g/mol. The SMILES string of the molecule is C/C=C/COC1CCC2CC(c3cc(F)c4c(c3)CCC(CC)C4)CCC2C1. The van der Waals surface area contributed by atoms with Gasteiger partial charge in [0.05, 0.1) is 12.7 Å². The number of hydrogen-bond donors (Lipinski definition) is 0. The molecule has 0 bridgehead atoms. The van der Waals surface area contributed by atoms with Crippen LogP contribution < -0.4 is 0 Å². The standard InChI is InChI=1S/C26H37FO/c1-3-5-12-28-24-11-10-19-14-20(8-9-21(19)16-24)23-15-22-7-6-18(4-2)13-25(22)26(27)17-23/h3,5,15,17-21,24H,4,6-14,16H2,1-2H3/b5-3+. The van der Waals surface area contributed by atoms with Crippen LogP contribution in [0.1, 0.15) is 87.8 Å². The van der Waals surface area contributed by atoms with Crippen LogP contribution in [-0.4, -0.2) is 12.7 Å². The molecule has 0 heterocycles. The Bertz CT molecular complexity index is 694. The fourth-order valence-corrected chi connectivity index (χ4v) is 6.09. The smallest absolute Gasteiger partial charge is 0.126 e. The predicted molar refractivity (Wildman–Crippen MR) is 114 cm³/mol. The van der Waals surface area contributed by atoms with Gasteiger partial charge in [0.25, 0.3) is 0 Å². The summed E-state index contributed by atoms with van der Waals surface area (Å²) in [5.41, 5.74) is 3.62. The lowest BCUT2D eigenvalue weighted by Crippen LogP contribution is -2.34. The van der Waals surface area contributed by atoms with Gasteiger partial charge in [-0.2, -0.15) is 0 Å². The van der Waals surface area contributed by atoms with Gasteiger partial charge in [-0.25, -0.2) is 4.39 Å². The van der Waals surface area contributed by atoms with Gasteiger partial charge in [0, 0.05) is 0 Å². The highest BCUT2D eigenvalue weighted by Crippen LogP contribution is 2.47. The summed E-state index contributed by atoms with van der Waals surface area (Å²) in [6.45, 7) is 5.04. The van der Waals surface area contributed by atoms with Crippen molar-refractivity contribution < 1.29 is 9.13 Å². The molecule has 0 aliphatic heterocycles. The molecule has 3 aliphatic rings. The normalized spacial score (nSPS) is 32.9. The first-order valence-electron chi connectivity index (χ1n) is 11.7. The maximum Gasteiger partial charge on any atom is 0.126 e. The number of halogens is 1. The van der Waals surface area contributed by atoms with Gasteiger partial charge in [-0.05, 0) is 111 Å². The second-order valence-corrected chi connectivity index (χ2v) is 9.53. The highest BCUT2D eigenvalue weighted by Gasteiger charge is 2.36. The van der Waals surface area contributed by atoms with Gasteiger partial charge in [-0.15, -0.1) is 0 Å². The van der Waals surface area contributed by atoms with Gasteiger partial charge in [0.1, 0.15) is 5.82 Å². The monoisotopic (exact) mass is 384 g/mol. The molecule has 2 heteroatoms. The van der Waals surface area contributed by atoms with Gasteiger partial charge in [0.15, 0.2) is 0 Å². The first kappa shape index (κ1) is 20.1. The third-order valence-corrected chi connectivity index (χ3v) is 7.90. The molecule has 154 valence electrons. The lowest BCUT2D eigenvalue weighted by molar-refractivity contribution is -0.00321. The van der Waals surface area contributed by atoms with Crippen molar-refractivity contribution in [1.29, 1.82) is 0 Å². The molecule has 1 nitrogen and oxygen atoms in total. The molecule has 0 radical (unpaired) electrons. The van der Waals surface area contributed by atoms with Crippen LogP contribution in [0.3, 0.4) is 0 Å². The molecule has 0 aromatic heterocycles. The van der Waals surface area contributed by atoms with Crippen molar-refractivity contribution in [3.05, 3.63) is 46.8 Å². The Morgan fingerprint density at radius 3 is 2.71 bits per heavy atom. The average Bonchev–Trinajstić information content (AvgIpc) is 2.73. The second kappa shape index (κ2) is 9.11. The molecule has 1 aromatic rings. The number of allylic oxidation sites excluding steroid dienone is 1. The van der Waals surface area contributed by atoms with E-state index in [4.69, 9.17) is 4.74 Å². The summed E-state index contributed by atoms with van der Waals surface area (Å²) in [6, 6.07) is 4.27. The maximum atomic E-state index is 14.9. The summed E-state index contributed by atoms with van der Waals surface area (Å²) in [5.74, 6) is 2.94. The maximum absolute atomic E-state index is 14.9. The highest BCUT2D eigenvalue weighted by atomic mass is 19.1. The summed E-state index contributed by atoms with van der Waals surface area (Å²) in [6.07, 6.45) is 16.5. The fourth-order valence-electron chi connectivity index (χ4n) is 6.09. The van der Waals surface area contributed by atoms with E-state index in [2.05, 4.69) is 25.1 Å². The molecule has 4 rings (SSSR count). The van der Waals surface area contributed by atoms with Gasteiger partial charge < -0.3 is 4.74 Å². The number of aryl methyl sites for hydroxylation is 1. The molecule has 2 fully saturated rings. The summed E-state index contributed by atoms with van der Waals surface area (Å²) >= 11 is 0. The minimum absolute atomic E-state index is 0.0776. The average molecular weight is 385 g/mol. The number of hydrogen-bond acceptors (Lipinski definition) is 1. The molecule has 5 unspecified atom stereocenters. The van der Waals surface area contributed by atoms with Crippen LogP contribution >= 0.6 is 0 Å². The topological polar surface area (TPSA) is 9.23 Å². The van der Waals surface area contributed by atoms with E-state index >= 15 is 0 Å². The Morgan fingerprint density at radius 2 is 1.89 bits per heavy atom. The van der Waals surface area contributed by atoms with E-state index in [-0.39, 0.29) is 5.82 Å². The Labute approximate surface area is 170 Å². The van der Waals surface area contributed by atoms with Crippen molar-refractivity contribution >= 4 is 0 Å². The molecule has 0 spiro atoms. The third kappa shape index (κ3) is 4.37. The Kier molecular flexibility index (Phi) is 6.55. The van der Waals surface area contributed by atoms with Crippen molar-refractivity contribution in [1.82, 2.24) is 0 Å². The quantitative estimate of drug-likeness (QED) is 0.497. The zero-order valence-corrected chi connectivity index (χ0v) is 17.8. The minimum Gasteiger partial charge on any atom is -0.374 e. The zero-order valence-electron chi connectivity index (χ0n) is 17.8. The molecule has 0 N–H and O–H groups in total. The van der Waals surface area contributed by atoms with Crippen molar-refractivity contribution in [3.63, 3.8) is 0 Å². The van der Waals surface area contributed by atoms with E-state index in [0.717, 1.165) is 36.8 Å². The summed E-state index contributed by atoms with van der Waals surface area (Å²) in [4.78, 5) is 0. The summed E-state index contributed by atoms with van der Waals surface area (Å²) < 4.78 is 20.9. The van der Waals surface area contributed by atoms with E-state index in [9.17, 15) is 4.39 Å². The van der Waals surface area contributed by atoms with Gasteiger partial charge >= 0.3 is 0 Å². The van der Waals surface area contributed by atoms with Crippen molar-refractivity contribution in [2.24, 2.45) is 17.8 Å². The van der Waals surface area contributed by atoms with Gasteiger partial charge in [-0.1, -0.05) is 31.6 Å². The van der Waals surface area contributed by atoms with Crippen LogP contribution in [0.2, 0.25) is 0 Å². The van der Waals surface area contributed by atoms with Crippen molar-refractivity contribution in [2.45, 2.75) is 90.1 Å². The predicted octanol–water partition coefficient (Wildman–Crippen LogP) is 6.99. The first-order chi connectivity index (χ1) is 13.7. The van der Waals surface area contributed by atoms with E-state index in [1.807, 2.05) is 13.0 Å². The van der Waals surface area contributed by atoms with Gasteiger partial charge in [0.2, 0.25) is 0 Å². The van der Waals surface area contributed by atoms with Crippen LogP contribution in [0.5, 0.6) is 0 Å². The Hall–Kier alpha value is -1.15. The number of rotatable bonds is 5. The lowest BCUT2D eigenvalue weighted by Gasteiger charge is -2.42. The Morgan fingerprint density at radius 1 is 1.07 bits per heavy atom. The molecular formula is C26H37FO. The van der Waals surface area contributed by atoms with Gasteiger partial charge in [-0.3, -0.25) is 0 Å². The molecule has 1 aromatic carbocycles. The van der Waals surface area contributed by atoms with E-state index in [0.29, 0.717) is 17.9 Å². The largest absolute Gasteiger partial charge is 0.374 e. The van der Waals surface area contributed by atoms with Crippen LogP contribution in [0.15, 0.2) is 24.3 Å². The number of ether oxygens (including phenoxy) is 1. The summed E-state index contributed by atoms with van der Waals surface area (Å²) in [5, 5.41) is 0. The Balaban J connectivity index is 1.39. The van der Waals surface area contributed by atoms with Crippen LogP contribution in [0.25, 0.3) is 0 Å². The minimum atomic E-state index is 0.0776. The summed E-state index contributed by atoms with van der Waals surface area (Å²) in [7, 11) is 0. The number of benzene rings is 1. The third-order valence-electron chi connectivity index (χ3n) is 7.90. The first-order valence-corrected chi connectivity index (χ1v) is 11.7. The van der Waals surface area contributed by atoms with Crippen LogP contribution in [-0.2, 0) is 17.6 Å². The van der Waals surface area contributed by atoms with Crippen molar-refractivity contribution in [3.8, 4) is 0 Å². The zero-order chi connectivity index (χ0) is 19.5. The molecule has 5 atom stereocenters. The lowest BCUT2D eigenvalue weighted by atomic mass is 9.65. The molecule has 3 aliphatic carbocycles. The molecule has 28 heavy (non-hydrogen) atoms. The van der Waals surface area contributed by atoms with E-state index in [1.165, 1.54) is 62.5 Å². The number of fused-ring (bicyclic) bond motifs is 2. The second-order valence-electron chi connectivity index (χ2n) is 9.53. The van der Waals surface area contributed by atoms with E-state index in [1.54, 1.807) is 0 Å².